The molecule has 4 heteroatoms. The van der Waals surface area contributed by atoms with Gasteiger partial charge in [-0.25, -0.2) is 0 Å². The van der Waals surface area contributed by atoms with E-state index in [0.717, 1.165) is 4.47 Å². The molecule has 0 aliphatic heterocycles. The van der Waals surface area contributed by atoms with Gasteiger partial charge in [0.25, 0.3) is 5.56 Å². The summed E-state index contributed by atoms with van der Waals surface area (Å²) in [7, 11) is 0. The van der Waals surface area contributed by atoms with Crippen molar-refractivity contribution in [2.45, 2.75) is 13.0 Å². The number of nitrogens with zero attached hydrogens (tertiary/aromatic N) is 1. The molecule has 0 amide bonds. The van der Waals surface area contributed by atoms with Gasteiger partial charge in [-0.2, -0.15) is 0 Å². The summed E-state index contributed by atoms with van der Waals surface area (Å²) in [6.45, 7) is 0.395. The molecule has 0 fully saturated rings. The number of benzene rings is 1. The van der Waals surface area contributed by atoms with Gasteiger partial charge in [0, 0.05) is 35.3 Å². The number of aryl methyl sites for hydroxylation is 1. The summed E-state index contributed by atoms with van der Waals surface area (Å²) in [5, 5.41) is 0. The van der Waals surface area contributed by atoms with Crippen molar-refractivity contribution in [2.24, 2.45) is 0 Å². The Balaban J connectivity index is 2.06. The molecule has 0 radical (unpaired) electrons. The number of carbonyl (C=O) groups excluding carboxylic acids is 1. The molecule has 0 bridgehead atoms. The van der Waals surface area contributed by atoms with Gasteiger partial charge < -0.3 is 4.57 Å². The number of carbonyl (C=O) groups is 1. The van der Waals surface area contributed by atoms with Crippen LogP contribution in [0.4, 0.5) is 0 Å². The predicted molar refractivity (Wildman–Crippen MR) is 73.8 cm³/mol. The van der Waals surface area contributed by atoms with Gasteiger partial charge in [0.1, 0.15) is 0 Å². The van der Waals surface area contributed by atoms with E-state index in [2.05, 4.69) is 15.9 Å². The van der Waals surface area contributed by atoms with Gasteiger partial charge in [-0.15, -0.1) is 0 Å². The smallest absolute Gasteiger partial charge is 0.250 e. The van der Waals surface area contributed by atoms with E-state index >= 15 is 0 Å². The number of pyridine rings is 1. The number of Topliss-reactive ketones (excluding diaryl/α,β-unsaturated/α-hetero) is 1. The number of rotatable bonds is 4. The molecule has 1 aromatic carbocycles. The number of hydrogen-bond donors (Lipinski definition) is 0. The zero-order valence-electron chi connectivity index (χ0n) is 9.67. The lowest BCUT2D eigenvalue weighted by molar-refractivity contribution is 0.0976. The van der Waals surface area contributed by atoms with Crippen LogP contribution < -0.4 is 5.56 Å². The highest BCUT2D eigenvalue weighted by atomic mass is 79.9. The Kier molecular flexibility index (Phi) is 4.10. The van der Waals surface area contributed by atoms with Crippen molar-refractivity contribution in [2.75, 3.05) is 0 Å². The molecule has 3 nitrogen and oxygen atoms in total. The van der Waals surface area contributed by atoms with E-state index in [-0.39, 0.29) is 11.3 Å². The second-order valence-corrected chi connectivity index (χ2v) is 4.83. The number of ketones is 1. The maximum Gasteiger partial charge on any atom is 0.250 e. The number of aromatic nitrogens is 1. The van der Waals surface area contributed by atoms with E-state index in [9.17, 15) is 9.59 Å². The fourth-order valence-corrected chi connectivity index (χ4v) is 2.05. The lowest BCUT2D eigenvalue weighted by atomic mass is 10.1. The first-order valence-corrected chi connectivity index (χ1v) is 6.40. The molecule has 2 rings (SSSR count). The van der Waals surface area contributed by atoms with Crippen LogP contribution in [0.15, 0.2) is 57.9 Å². The van der Waals surface area contributed by atoms with Crippen LogP contribution in [-0.4, -0.2) is 10.4 Å². The third-order valence-corrected chi connectivity index (χ3v) is 3.09. The molecule has 0 aliphatic rings. The minimum Gasteiger partial charge on any atom is -0.314 e. The maximum atomic E-state index is 11.9. The van der Waals surface area contributed by atoms with E-state index in [4.69, 9.17) is 0 Å². The standard InChI is InChI=1S/C14H12BrNO2/c15-12-6-7-14(18)16(10-12)9-8-13(17)11-4-2-1-3-5-11/h1-7,10H,8-9H2. The fourth-order valence-electron chi connectivity index (χ4n) is 1.67. The summed E-state index contributed by atoms with van der Waals surface area (Å²) in [6, 6.07) is 12.3. The summed E-state index contributed by atoms with van der Waals surface area (Å²) in [6.07, 6.45) is 2.01. The Morgan fingerprint density at radius 1 is 1.11 bits per heavy atom. The molecule has 92 valence electrons. The lowest BCUT2D eigenvalue weighted by Crippen LogP contribution is -2.19. The first-order chi connectivity index (χ1) is 8.66. The van der Waals surface area contributed by atoms with Crippen molar-refractivity contribution < 1.29 is 4.79 Å². The summed E-state index contributed by atoms with van der Waals surface area (Å²) in [5.74, 6) is 0.0440. The molecular weight excluding hydrogens is 294 g/mol. The van der Waals surface area contributed by atoms with Gasteiger partial charge in [-0.05, 0) is 22.0 Å². The summed E-state index contributed by atoms with van der Waals surface area (Å²) < 4.78 is 2.36. The largest absolute Gasteiger partial charge is 0.314 e. The zero-order valence-corrected chi connectivity index (χ0v) is 11.3. The van der Waals surface area contributed by atoms with Crippen LogP contribution in [0.1, 0.15) is 16.8 Å². The molecule has 0 spiro atoms. The van der Waals surface area contributed by atoms with Crippen molar-refractivity contribution in [1.82, 2.24) is 4.57 Å². The SMILES string of the molecule is O=C(CCn1cc(Br)ccc1=O)c1ccccc1. The molecule has 0 saturated heterocycles. The monoisotopic (exact) mass is 305 g/mol. The van der Waals surface area contributed by atoms with Crippen LogP contribution in [0.3, 0.4) is 0 Å². The quantitative estimate of drug-likeness (QED) is 0.815. The Bertz CT molecular complexity index is 605. The molecule has 1 aromatic heterocycles. The van der Waals surface area contributed by atoms with Crippen LogP contribution in [0, 0.1) is 0 Å². The van der Waals surface area contributed by atoms with Crippen molar-refractivity contribution in [1.29, 1.82) is 0 Å². The first kappa shape index (κ1) is 12.8. The second-order valence-electron chi connectivity index (χ2n) is 3.92. The van der Waals surface area contributed by atoms with Gasteiger partial charge in [-0.3, -0.25) is 9.59 Å². The molecule has 0 unspecified atom stereocenters. The fraction of sp³-hybridized carbons (Fsp3) is 0.143. The molecule has 0 saturated carbocycles. The normalized spacial score (nSPS) is 10.3. The molecule has 0 aliphatic carbocycles. The molecule has 0 atom stereocenters. The van der Waals surface area contributed by atoms with Crippen molar-refractivity contribution in [3.05, 3.63) is 69.1 Å². The highest BCUT2D eigenvalue weighted by molar-refractivity contribution is 9.10. The highest BCUT2D eigenvalue weighted by Crippen LogP contribution is 2.07. The highest BCUT2D eigenvalue weighted by Gasteiger charge is 2.05. The Morgan fingerprint density at radius 3 is 2.56 bits per heavy atom. The van der Waals surface area contributed by atoms with Crippen LogP contribution in [0.2, 0.25) is 0 Å². The van der Waals surface area contributed by atoms with E-state index < -0.39 is 0 Å². The van der Waals surface area contributed by atoms with Gasteiger partial charge in [0.2, 0.25) is 0 Å². The van der Waals surface area contributed by atoms with Crippen LogP contribution in [-0.2, 0) is 6.54 Å². The molecule has 0 N–H and O–H groups in total. The number of halogens is 1. The molecule has 18 heavy (non-hydrogen) atoms. The van der Waals surface area contributed by atoms with Crippen molar-refractivity contribution in [3.63, 3.8) is 0 Å². The van der Waals surface area contributed by atoms with Crippen LogP contribution in [0.5, 0.6) is 0 Å². The first-order valence-electron chi connectivity index (χ1n) is 5.61. The molecule has 2 aromatic rings. The second kappa shape index (κ2) is 5.78. The molecule has 1 heterocycles. The third-order valence-electron chi connectivity index (χ3n) is 2.62. The van der Waals surface area contributed by atoms with Crippen molar-refractivity contribution >= 4 is 21.7 Å². The van der Waals surface area contributed by atoms with Gasteiger partial charge in [-0.1, -0.05) is 30.3 Å². The van der Waals surface area contributed by atoms with E-state index in [1.54, 1.807) is 24.4 Å². The lowest BCUT2D eigenvalue weighted by Gasteiger charge is -2.05. The molecular formula is C14H12BrNO2. The summed E-state index contributed by atoms with van der Waals surface area (Å²) in [4.78, 5) is 23.4. The van der Waals surface area contributed by atoms with Crippen LogP contribution in [0.25, 0.3) is 0 Å². The average molecular weight is 306 g/mol. The maximum absolute atomic E-state index is 11.9. The minimum absolute atomic E-state index is 0.0440. The Labute approximate surface area is 113 Å². The van der Waals surface area contributed by atoms with Gasteiger partial charge in [0.05, 0.1) is 0 Å². The van der Waals surface area contributed by atoms with Crippen molar-refractivity contribution in [3.8, 4) is 0 Å². The predicted octanol–water partition coefficient (Wildman–Crippen LogP) is 2.88. The topological polar surface area (TPSA) is 39.1 Å². The Morgan fingerprint density at radius 2 is 1.83 bits per heavy atom. The van der Waals surface area contributed by atoms with E-state index in [0.29, 0.717) is 18.5 Å². The summed E-state index contributed by atoms with van der Waals surface area (Å²) in [5.41, 5.74) is 0.583. The van der Waals surface area contributed by atoms with E-state index in [1.165, 1.54) is 10.6 Å². The minimum atomic E-state index is -0.0981. The zero-order chi connectivity index (χ0) is 13.0. The summed E-state index contributed by atoms with van der Waals surface area (Å²) >= 11 is 3.30. The van der Waals surface area contributed by atoms with E-state index in [1.807, 2.05) is 18.2 Å². The third kappa shape index (κ3) is 3.17. The average Bonchev–Trinajstić information content (AvgIpc) is 2.40. The number of hydrogen-bond acceptors (Lipinski definition) is 2. The Hall–Kier alpha value is -1.68. The van der Waals surface area contributed by atoms with Gasteiger partial charge >= 0.3 is 0 Å². The van der Waals surface area contributed by atoms with Gasteiger partial charge in [0.15, 0.2) is 5.78 Å². The van der Waals surface area contributed by atoms with Crippen LogP contribution >= 0.6 is 15.9 Å².